The highest BCUT2D eigenvalue weighted by molar-refractivity contribution is 5.92. The molecule has 1 aromatic carbocycles. The predicted molar refractivity (Wildman–Crippen MR) is 87.6 cm³/mol. The average Bonchev–Trinajstić information content (AvgIpc) is 2.52. The first-order valence-electron chi connectivity index (χ1n) is 7.51. The van der Waals surface area contributed by atoms with E-state index in [1.54, 1.807) is 6.07 Å². The topological polar surface area (TPSA) is 84.2 Å². The first-order valence-corrected chi connectivity index (χ1v) is 7.51. The van der Waals surface area contributed by atoms with Crippen molar-refractivity contribution in [1.29, 1.82) is 0 Å². The van der Waals surface area contributed by atoms with E-state index in [4.69, 9.17) is 0 Å². The van der Waals surface area contributed by atoms with E-state index in [0.29, 0.717) is 0 Å². The maximum Gasteiger partial charge on any atom is 0.271 e. The maximum absolute atomic E-state index is 13.8. The van der Waals surface area contributed by atoms with Crippen LogP contribution in [-0.4, -0.2) is 33.4 Å². The molecule has 2 N–H and O–H groups in total. The van der Waals surface area contributed by atoms with Gasteiger partial charge in [-0.25, -0.2) is 4.39 Å². The summed E-state index contributed by atoms with van der Waals surface area (Å²) < 4.78 is 14.7. The van der Waals surface area contributed by atoms with Gasteiger partial charge in [0.2, 0.25) is 0 Å². The lowest BCUT2D eigenvalue weighted by Crippen LogP contribution is -2.40. The number of nitrogens with one attached hydrogen (secondary N) is 1. The number of para-hydroxylation sites is 1. The molecule has 2 rings (SSSR count). The summed E-state index contributed by atoms with van der Waals surface area (Å²) in [6.45, 7) is 5.59. The molecular weight excluding hydrogens is 313 g/mol. The van der Waals surface area contributed by atoms with Crippen LogP contribution in [0.1, 0.15) is 31.3 Å². The molecule has 2 aromatic rings. The van der Waals surface area contributed by atoms with Crippen molar-refractivity contribution in [1.82, 2.24) is 15.1 Å². The second-order valence-electron chi connectivity index (χ2n) is 6.51. The summed E-state index contributed by atoms with van der Waals surface area (Å²) in [6, 6.07) is 8.07. The molecule has 0 bridgehead atoms. The number of carbonyl (C=O) groups is 1. The van der Waals surface area contributed by atoms with Gasteiger partial charge in [0.15, 0.2) is 0 Å². The van der Waals surface area contributed by atoms with Gasteiger partial charge < -0.3 is 10.4 Å². The van der Waals surface area contributed by atoms with Crippen molar-refractivity contribution in [2.24, 2.45) is 5.41 Å². The number of nitrogens with zero attached hydrogens (tertiary/aromatic N) is 2. The standard InChI is InChI=1S/C17H20FN3O3/c1-17(2,3)14(22)10-19-16(24)12-8-9-15(23)21(20-12)13-7-5-4-6-11(13)18/h4-9,14,22H,10H2,1-3H3,(H,19,24). The van der Waals surface area contributed by atoms with Gasteiger partial charge in [0, 0.05) is 12.6 Å². The Bertz CT molecular complexity index is 796. The number of aromatic nitrogens is 2. The summed E-state index contributed by atoms with van der Waals surface area (Å²) in [6.07, 6.45) is -0.737. The Morgan fingerprint density at radius 3 is 2.58 bits per heavy atom. The van der Waals surface area contributed by atoms with Crippen LogP contribution in [-0.2, 0) is 0 Å². The minimum absolute atomic E-state index is 0.0353. The van der Waals surface area contributed by atoms with E-state index in [9.17, 15) is 19.1 Å². The third-order valence-electron chi connectivity index (χ3n) is 3.57. The number of rotatable bonds is 4. The molecule has 7 heteroatoms. The molecule has 0 spiro atoms. The molecule has 0 fully saturated rings. The van der Waals surface area contributed by atoms with E-state index in [2.05, 4.69) is 10.4 Å². The third kappa shape index (κ3) is 4.05. The van der Waals surface area contributed by atoms with Gasteiger partial charge in [-0.1, -0.05) is 32.9 Å². The molecule has 1 unspecified atom stereocenters. The van der Waals surface area contributed by atoms with Gasteiger partial charge in [0.25, 0.3) is 11.5 Å². The van der Waals surface area contributed by atoms with Gasteiger partial charge in [-0.05, 0) is 23.6 Å². The van der Waals surface area contributed by atoms with Crippen molar-refractivity contribution in [3.05, 3.63) is 58.3 Å². The van der Waals surface area contributed by atoms with Gasteiger partial charge in [-0.2, -0.15) is 9.78 Å². The smallest absolute Gasteiger partial charge is 0.271 e. The SMILES string of the molecule is CC(C)(C)C(O)CNC(=O)c1ccc(=O)n(-c2ccccc2F)n1. The van der Waals surface area contributed by atoms with Crippen LogP contribution in [0, 0.1) is 11.2 Å². The van der Waals surface area contributed by atoms with Crippen molar-refractivity contribution in [2.75, 3.05) is 6.54 Å². The lowest BCUT2D eigenvalue weighted by atomic mass is 9.89. The maximum atomic E-state index is 13.8. The number of amides is 1. The minimum Gasteiger partial charge on any atom is -0.391 e. The lowest BCUT2D eigenvalue weighted by Gasteiger charge is -2.25. The van der Waals surface area contributed by atoms with Crippen molar-refractivity contribution in [3.8, 4) is 5.69 Å². The zero-order chi connectivity index (χ0) is 17.9. The summed E-state index contributed by atoms with van der Waals surface area (Å²) in [4.78, 5) is 24.1. The van der Waals surface area contributed by atoms with Gasteiger partial charge in [0.1, 0.15) is 17.2 Å². The number of benzene rings is 1. The van der Waals surface area contributed by atoms with Crippen molar-refractivity contribution in [2.45, 2.75) is 26.9 Å². The Labute approximate surface area is 138 Å². The zero-order valence-corrected chi connectivity index (χ0v) is 13.8. The predicted octanol–water partition coefficient (Wildman–Crippen LogP) is 1.51. The Kier molecular flexibility index (Phi) is 5.14. The number of hydrogen-bond donors (Lipinski definition) is 2. The monoisotopic (exact) mass is 333 g/mol. The first-order chi connectivity index (χ1) is 11.2. The van der Waals surface area contributed by atoms with Gasteiger partial charge >= 0.3 is 0 Å². The van der Waals surface area contributed by atoms with E-state index in [1.165, 1.54) is 24.3 Å². The Hall–Kier alpha value is -2.54. The van der Waals surface area contributed by atoms with Crippen LogP contribution in [0.2, 0.25) is 0 Å². The van der Waals surface area contributed by atoms with E-state index in [0.717, 1.165) is 10.7 Å². The largest absolute Gasteiger partial charge is 0.391 e. The summed E-state index contributed by atoms with van der Waals surface area (Å²) in [5.41, 5.74) is -1.01. The summed E-state index contributed by atoms with van der Waals surface area (Å²) in [5, 5.41) is 16.4. The highest BCUT2D eigenvalue weighted by Gasteiger charge is 2.23. The molecule has 0 radical (unpaired) electrons. The third-order valence-corrected chi connectivity index (χ3v) is 3.57. The number of carbonyl (C=O) groups excluding carboxylic acids is 1. The molecule has 1 amide bonds. The summed E-state index contributed by atoms with van der Waals surface area (Å²) in [7, 11) is 0. The number of hydrogen-bond acceptors (Lipinski definition) is 4. The minimum atomic E-state index is -0.737. The second kappa shape index (κ2) is 6.92. The molecule has 24 heavy (non-hydrogen) atoms. The molecule has 1 heterocycles. The van der Waals surface area contributed by atoms with E-state index < -0.39 is 23.4 Å². The Morgan fingerprint density at radius 2 is 1.96 bits per heavy atom. The Morgan fingerprint density at radius 1 is 1.29 bits per heavy atom. The van der Waals surface area contributed by atoms with Crippen LogP contribution >= 0.6 is 0 Å². The van der Waals surface area contributed by atoms with Crippen LogP contribution < -0.4 is 10.9 Å². The van der Waals surface area contributed by atoms with Crippen LogP contribution in [0.4, 0.5) is 4.39 Å². The highest BCUT2D eigenvalue weighted by atomic mass is 19.1. The fourth-order valence-corrected chi connectivity index (χ4v) is 1.91. The number of halogens is 1. The Balaban J connectivity index is 2.24. The first kappa shape index (κ1) is 17.8. The molecule has 1 atom stereocenters. The van der Waals surface area contributed by atoms with Crippen molar-refractivity contribution >= 4 is 5.91 Å². The molecule has 6 nitrogen and oxygen atoms in total. The summed E-state index contributed by atoms with van der Waals surface area (Å²) >= 11 is 0. The quantitative estimate of drug-likeness (QED) is 0.888. The van der Waals surface area contributed by atoms with Crippen LogP contribution in [0.3, 0.4) is 0 Å². The fourth-order valence-electron chi connectivity index (χ4n) is 1.91. The molecular formula is C17H20FN3O3. The van der Waals surface area contributed by atoms with Crippen LogP contribution in [0.25, 0.3) is 5.69 Å². The average molecular weight is 333 g/mol. The number of aliphatic hydroxyl groups excluding tert-OH is 1. The number of aliphatic hydroxyl groups is 1. The highest BCUT2D eigenvalue weighted by Crippen LogP contribution is 2.18. The van der Waals surface area contributed by atoms with E-state index in [1.807, 2.05) is 20.8 Å². The second-order valence-corrected chi connectivity index (χ2v) is 6.51. The van der Waals surface area contributed by atoms with E-state index in [-0.39, 0.29) is 23.3 Å². The fraction of sp³-hybridized carbons (Fsp3) is 0.353. The van der Waals surface area contributed by atoms with Crippen molar-refractivity contribution < 1.29 is 14.3 Å². The molecule has 0 saturated heterocycles. The summed E-state index contributed by atoms with van der Waals surface area (Å²) in [5.74, 6) is -1.17. The molecule has 0 aliphatic heterocycles. The normalized spacial score (nSPS) is 12.7. The molecule has 128 valence electrons. The molecule has 1 aromatic heterocycles. The van der Waals surface area contributed by atoms with Crippen LogP contribution in [0.5, 0.6) is 0 Å². The lowest BCUT2D eigenvalue weighted by molar-refractivity contribution is 0.0585. The van der Waals surface area contributed by atoms with Gasteiger partial charge in [0.05, 0.1) is 6.10 Å². The molecule has 0 aliphatic carbocycles. The van der Waals surface area contributed by atoms with Gasteiger partial charge in [-0.15, -0.1) is 0 Å². The molecule has 0 saturated carbocycles. The van der Waals surface area contributed by atoms with Crippen LogP contribution in [0.15, 0.2) is 41.2 Å². The van der Waals surface area contributed by atoms with Gasteiger partial charge in [-0.3, -0.25) is 9.59 Å². The van der Waals surface area contributed by atoms with E-state index >= 15 is 0 Å². The zero-order valence-electron chi connectivity index (χ0n) is 13.8. The van der Waals surface area contributed by atoms with Crippen molar-refractivity contribution in [3.63, 3.8) is 0 Å². The molecule has 0 aliphatic rings.